The van der Waals surface area contributed by atoms with Gasteiger partial charge in [0.05, 0.1) is 28.6 Å². The first-order chi connectivity index (χ1) is 34.1. The quantitative estimate of drug-likeness (QED) is 0.0458. The summed E-state index contributed by atoms with van der Waals surface area (Å²) in [7, 11) is 3.64. The number of imidazole rings is 1. The lowest BCUT2D eigenvalue weighted by Crippen LogP contribution is -2.47. The predicted molar refractivity (Wildman–Crippen MR) is 254 cm³/mol. The third-order valence-corrected chi connectivity index (χ3v) is 12.5. The maximum atomic E-state index is 13.8. The average Bonchev–Trinajstić information content (AvgIpc) is 4.08. The molecular weight excluding hydrogens is 928 g/mol. The van der Waals surface area contributed by atoms with E-state index in [0.29, 0.717) is 69.0 Å². The Morgan fingerprint density at radius 1 is 0.901 bits per heavy atom. The van der Waals surface area contributed by atoms with E-state index in [1.807, 2.05) is 25.2 Å². The molecule has 374 valence electrons. The van der Waals surface area contributed by atoms with E-state index in [9.17, 15) is 41.9 Å². The van der Waals surface area contributed by atoms with Crippen molar-refractivity contribution in [2.24, 2.45) is 7.05 Å². The molecule has 2 aliphatic heterocycles. The van der Waals surface area contributed by atoms with Crippen LogP contribution in [0.1, 0.15) is 94.3 Å². The Bertz CT molecular complexity index is 2970. The third kappa shape index (κ3) is 12.3. The van der Waals surface area contributed by atoms with Gasteiger partial charge in [0.15, 0.2) is 17.2 Å². The van der Waals surface area contributed by atoms with E-state index >= 15 is 0 Å². The fraction of sp³-hybridized carbons (Fsp3) is 0.408. The second-order valence-electron chi connectivity index (χ2n) is 17.7. The van der Waals surface area contributed by atoms with Crippen LogP contribution in [0.15, 0.2) is 82.5 Å². The third-order valence-electron chi connectivity index (χ3n) is 12.5. The van der Waals surface area contributed by atoms with E-state index in [1.54, 1.807) is 36.2 Å². The maximum absolute atomic E-state index is 13.8. The predicted octanol–water partition coefficient (Wildman–Crippen LogP) is 5.95. The number of hydrogen-bond acceptors (Lipinski definition) is 13. The van der Waals surface area contributed by atoms with Gasteiger partial charge in [-0.1, -0.05) is 12.5 Å². The number of anilines is 2. The minimum Gasteiger partial charge on any atom is -0.444 e. The van der Waals surface area contributed by atoms with Crippen LogP contribution >= 0.6 is 0 Å². The Labute approximate surface area is 405 Å². The first-order valence-electron chi connectivity index (χ1n) is 23.5. The van der Waals surface area contributed by atoms with Crippen molar-refractivity contribution < 1.29 is 46.3 Å². The van der Waals surface area contributed by atoms with Crippen molar-refractivity contribution in [3.05, 3.63) is 106 Å². The molecule has 19 nitrogen and oxygen atoms in total. The number of amides is 4. The zero-order valence-electron chi connectivity index (χ0n) is 39.3. The number of imide groups is 1. The molecule has 3 N–H and O–H groups in total. The molecule has 0 saturated carbocycles. The molecule has 6 aromatic rings. The Balaban J connectivity index is 0.795. The molecule has 2 aliphatic rings. The number of carbonyl (C=O) groups is 5. The molecule has 4 aromatic heterocycles. The van der Waals surface area contributed by atoms with Crippen LogP contribution in [0.3, 0.4) is 0 Å². The second-order valence-corrected chi connectivity index (χ2v) is 17.7. The van der Waals surface area contributed by atoms with E-state index in [2.05, 4.69) is 35.9 Å². The summed E-state index contributed by atoms with van der Waals surface area (Å²) in [6.07, 6.45) is 5.10. The Kier molecular flexibility index (Phi) is 15.5. The molecule has 1 atom stereocenters. The van der Waals surface area contributed by atoms with Crippen LogP contribution in [0.4, 0.5) is 24.7 Å². The number of fused-ring (bicyclic) bond motifs is 1. The largest absolute Gasteiger partial charge is 0.444 e. The molecule has 0 bridgehead atoms. The minimum absolute atomic E-state index is 0.00381. The summed E-state index contributed by atoms with van der Waals surface area (Å²) in [4.78, 5) is 89.6. The SMILES string of the molecule is CN1CCN(C(=O)c2nn(-c3ccc(C(=O)CCCCCOCCCCc4ccc5c(c4)n(C)c(=O)n5C4CCC(=O)NC4=O)cc3)cc2NC(=O)c2coc(-c3ccnc(NCC(F)(F)F)c3)n2)CC1. The number of carbonyl (C=O) groups excluding carboxylic acids is 5. The number of alkyl halides is 3. The van der Waals surface area contributed by atoms with Crippen LogP contribution in [0.25, 0.3) is 28.2 Å². The number of pyridine rings is 1. The number of ketones is 1. The molecule has 0 radical (unpaired) electrons. The smallest absolute Gasteiger partial charge is 0.405 e. The number of halogens is 3. The van der Waals surface area contributed by atoms with Gasteiger partial charge in [-0.05, 0) is 99.7 Å². The molecular formula is C49H54F3N11O8. The lowest BCUT2D eigenvalue weighted by molar-refractivity contribution is -0.135. The highest BCUT2D eigenvalue weighted by Gasteiger charge is 2.32. The number of benzene rings is 2. The maximum Gasteiger partial charge on any atom is 0.405 e. The molecule has 71 heavy (non-hydrogen) atoms. The number of oxazole rings is 1. The first kappa shape index (κ1) is 49.9. The van der Waals surface area contributed by atoms with Gasteiger partial charge in [0, 0.05) is 76.6 Å². The number of nitrogens with zero attached hydrogens (tertiary/aromatic N) is 8. The van der Waals surface area contributed by atoms with Crippen molar-refractivity contribution in [3.63, 3.8) is 0 Å². The Morgan fingerprint density at radius 2 is 1.66 bits per heavy atom. The van der Waals surface area contributed by atoms with Gasteiger partial charge in [0.25, 0.3) is 11.8 Å². The molecule has 8 rings (SSSR count). The number of Topliss-reactive ketones (excluding diaryl/α,β-unsaturated/α-hetero) is 1. The molecule has 2 saturated heterocycles. The standard InChI is InChI=1S/C49H54F3N11O8/c1-59-20-22-61(23-21-59)47(68)43-35(55-44(66)36-29-71-46(56-36)33-18-19-53-41(27-33)54-30-49(50,51)52)28-62(58-43)34-13-11-32(12-14-34)40(64)9-4-3-6-24-70-25-7-5-8-31-10-15-37-39(26-31)60(2)48(69)63(37)38-16-17-42(65)57-45(38)67/h10-15,18-19,26-29,38H,3-9,16-17,20-25,30H2,1-2H3,(H,53,54)(H,55,66)(H,57,65,67). The zero-order valence-corrected chi connectivity index (χ0v) is 39.3. The highest BCUT2D eigenvalue weighted by Crippen LogP contribution is 2.27. The molecule has 0 aliphatic carbocycles. The summed E-state index contributed by atoms with van der Waals surface area (Å²) in [5.41, 5.74) is 3.47. The van der Waals surface area contributed by atoms with Gasteiger partial charge in [-0.15, -0.1) is 0 Å². The number of aromatic nitrogens is 6. The number of hydrogen-bond donors (Lipinski definition) is 3. The number of likely N-dealkylation sites (N-methyl/N-ethyl adjacent to an activating group) is 1. The van der Waals surface area contributed by atoms with E-state index in [0.717, 1.165) is 49.4 Å². The molecule has 6 heterocycles. The number of ether oxygens (including phenoxy) is 1. The van der Waals surface area contributed by atoms with E-state index in [4.69, 9.17) is 9.15 Å². The Hall–Kier alpha value is -7.46. The van der Waals surface area contributed by atoms with Crippen molar-refractivity contribution in [2.75, 3.05) is 63.6 Å². The van der Waals surface area contributed by atoms with Crippen molar-refractivity contribution in [2.45, 2.75) is 70.0 Å². The van der Waals surface area contributed by atoms with Crippen LogP contribution in [0.2, 0.25) is 0 Å². The topological polar surface area (TPSA) is 221 Å². The number of piperidine rings is 1. The molecule has 2 aromatic carbocycles. The van der Waals surface area contributed by atoms with E-state index < -0.39 is 30.6 Å². The number of piperazine rings is 1. The number of nitrogens with one attached hydrogen (secondary N) is 3. The van der Waals surface area contributed by atoms with Gasteiger partial charge < -0.3 is 29.6 Å². The highest BCUT2D eigenvalue weighted by molar-refractivity contribution is 6.07. The number of aryl methyl sites for hydroxylation is 2. The van der Waals surface area contributed by atoms with Crippen molar-refractivity contribution in [1.29, 1.82) is 0 Å². The van der Waals surface area contributed by atoms with Crippen LogP contribution in [-0.2, 0) is 27.8 Å². The number of unbranched alkanes of at least 4 members (excludes halogenated alkanes) is 3. The minimum atomic E-state index is -4.45. The first-order valence-corrected chi connectivity index (χ1v) is 23.5. The van der Waals surface area contributed by atoms with Gasteiger partial charge in [0.1, 0.15) is 24.7 Å². The van der Waals surface area contributed by atoms with Gasteiger partial charge in [0.2, 0.25) is 17.7 Å². The van der Waals surface area contributed by atoms with E-state index in [1.165, 1.54) is 38.3 Å². The normalized spacial score (nSPS) is 15.6. The summed E-state index contributed by atoms with van der Waals surface area (Å²) >= 11 is 0. The summed E-state index contributed by atoms with van der Waals surface area (Å²) in [5.74, 6) is -2.01. The fourth-order valence-electron chi connectivity index (χ4n) is 8.50. The summed E-state index contributed by atoms with van der Waals surface area (Å²) in [6.45, 7) is 2.12. The van der Waals surface area contributed by atoms with Gasteiger partial charge in [-0.25, -0.2) is 19.4 Å². The van der Waals surface area contributed by atoms with Crippen molar-refractivity contribution in [1.82, 2.24) is 44.0 Å². The van der Waals surface area contributed by atoms with Crippen LogP contribution < -0.4 is 21.6 Å². The van der Waals surface area contributed by atoms with Gasteiger partial charge in [-0.2, -0.15) is 18.3 Å². The molecule has 0 spiro atoms. The number of rotatable bonds is 20. The zero-order chi connectivity index (χ0) is 50.2. The summed E-state index contributed by atoms with van der Waals surface area (Å²) in [6, 6.07) is 14.7. The second kappa shape index (κ2) is 22.1. The lowest BCUT2D eigenvalue weighted by Gasteiger charge is -2.32. The molecule has 1 unspecified atom stereocenters. The molecule has 2 fully saturated rings. The lowest BCUT2D eigenvalue weighted by atomic mass is 10.0. The van der Waals surface area contributed by atoms with Crippen LogP contribution in [0, 0.1) is 0 Å². The highest BCUT2D eigenvalue weighted by atomic mass is 19.4. The summed E-state index contributed by atoms with van der Waals surface area (Å²) < 4.78 is 54.0. The monoisotopic (exact) mass is 981 g/mol. The average molecular weight is 982 g/mol. The van der Waals surface area contributed by atoms with Crippen LogP contribution in [0.5, 0.6) is 0 Å². The summed E-state index contributed by atoms with van der Waals surface area (Å²) in [5, 5.41) is 11.8. The molecule has 22 heteroatoms. The molecule has 4 amide bonds. The Morgan fingerprint density at radius 3 is 2.41 bits per heavy atom. The van der Waals surface area contributed by atoms with Gasteiger partial charge >= 0.3 is 11.9 Å². The van der Waals surface area contributed by atoms with E-state index in [-0.39, 0.29) is 70.5 Å². The fourth-order valence-corrected chi connectivity index (χ4v) is 8.50. The van der Waals surface area contributed by atoms with Crippen LogP contribution in [-0.4, -0.2) is 127 Å². The van der Waals surface area contributed by atoms with Gasteiger partial charge in [-0.3, -0.25) is 38.4 Å². The van der Waals surface area contributed by atoms with Crippen molar-refractivity contribution >= 4 is 52.0 Å². The van der Waals surface area contributed by atoms with Crippen molar-refractivity contribution in [3.8, 4) is 17.1 Å².